The van der Waals surface area contributed by atoms with E-state index in [0.29, 0.717) is 23.4 Å². The predicted molar refractivity (Wildman–Crippen MR) is 85.4 cm³/mol. The third kappa shape index (κ3) is 3.71. The van der Waals surface area contributed by atoms with Crippen LogP contribution in [0.25, 0.3) is 0 Å². The van der Waals surface area contributed by atoms with Crippen LogP contribution < -0.4 is 5.32 Å². The van der Waals surface area contributed by atoms with Crippen LogP contribution in [0.4, 0.5) is 5.82 Å². The number of hydrogen-bond acceptors (Lipinski definition) is 4. The van der Waals surface area contributed by atoms with Gasteiger partial charge in [-0.3, -0.25) is 0 Å². The molecule has 0 aliphatic heterocycles. The normalized spacial score (nSPS) is 13.5. The number of pyridine rings is 1. The molecule has 1 rings (SSSR count). The molecule has 0 aromatic carbocycles. The second-order valence-electron chi connectivity index (χ2n) is 4.50. The van der Waals surface area contributed by atoms with E-state index in [1.54, 1.807) is 12.3 Å². The van der Waals surface area contributed by atoms with Crippen molar-refractivity contribution in [3.63, 3.8) is 0 Å². The molecule has 0 saturated heterocycles. The molecule has 0 radical (unpaired) electrons. The summed E-state index contributed by atoms with van der Waals surface area (Å²) in [5, 5.41) is 3.01. The van der Waals surface area contributed by atoms with Gasteiger partial charge in [-0.25, -0.2) is 13.4 Å². The van der Waals surface area contributed by atoms with E-state index in [-0.39, 0.29) is 10.9 Å². The minimum Gasteiger partial charge on any atom is -0.369 e. The smallest absolute Gasteiger partial charge is 0.247 e. The van der Waals surface area contributed by atoms with Gasteiger partial charge in [-0.05, 0) is 42.3 Å². The first-order valence-electron chi connectivity index (χ1n) is 6.79. The molecule has 0 spiro atoms. The van der Waals surface area contributed by atoms with Gasteiger partial charge in [-0.15, -0.1) is 0 Å². The molecule has 0 aliphatic carbocycles. The highest BCUT2D eigenvalue weighted by Crippen LogP contribution is 2.27. The Labute approximate surface area is 130 Å². The molecule has 0 bridgehead atoms. The Hall–Kier alpha value is -0.660. The molecular formula is C13H22BrN3O2S. The Morgan fingerprint density at radius 3 is 2.55 bits per heavy atom. The first-order valence-corrected chi connectivity index (χ1v) is 9.02. The second kappa shape index (κ2) is 7.38. The van der Waals surface area contributed by atoms with E-state index >= 15 is 0 Å². The minimum atomic E-state index is -3.56. The van der Waals surface area contributed by atoms with E-state index < -0.39 is 10.0 Å². The van der Waals surface area contributed by atoms with Crippen molar-refractivity contribution in [3.05, 3.63) is 16.7 Å². The van der Waals surface area contributed by atoms with Crippen molar-refractivity contribution in [2.24, 2.45) is 0 Å². The van der Waals surface area contributed by atoms with Gasteiger partial charge in [0.1, 0.15) is 10.7 Å². The molecule has 1 heterocycles. The fraction of sp³-hybridized carbons (Fsp3) is 0.615. The van der Waals surface area contributed by atoms with Gasteiger partial charge < -0.3 is 5.32 Å². The monoisotopic (exact) mass is 363 g/mol. The maximum absolute atomic E-state index is 12.8. The fourth-order valence-electron chi connectivity index (χ4n) is 1.97. The van der Waals surface area contributed by atoms with Crippen LogP contribution in [0.2, 0.25) is 0 Å². The summed E-state index contributed by atoms with van der Waals surface area (Å²) in [6.45, 7) is 8.71. The molecule has 0 amide bonds. The minimum absolute atomic E-state index is 0.0431. The van der Waals surface area contributed by atoms with Gasteiger partial charge in [-0.2, -0.15) is 4.31 Å². The lowest BCUT2D eigenvalue weighted by Crippen LogP contribution is -2.38. The summed E-state index contributed by atoms with van der Waals surface area (Å²) in [6, 6.07) is 1.56. The fourth-order valence-corrected chi connectivity index (χ4v) is 4.31. The zero-order valence-corrected chi connectivity index (χ0v) is 14.8. The van der Waals surface area contributed by atoms with Gasteiger partial charge in [-0.1, -0.05) is 13.8 Å². The third-order valence-electron chi connectivity index (χ3n) is 3.14. The molecule has 1 aromatic rings. The van der Waals surface area contributed by atoms with Crippen LogP contribution in [0.15, 0.2) is 21.6 Å². The third-order valence-corrected chi connectivity index (χ3v) is 5.68. The molecule has 1 N–H and O–H groups in total. The van der Waals surface area contributed by atoms with E-state index in [1.807, 2.05) is 27.7 Å². The molecule has 114 valence electrons. The number of aromatic nitrogens is 1. The van der Waals surface area contributed by atoms with Gasteiger partial charge >= 0.3 is 0 Å². The first kappa shape index (κ1) is 17.4. The Morgan fingerprint density at radius 1 is 1.40 bits per heavy atom. The van der Waals surface area contributed by atoms with Crippen LogP contribution in [-0.2, 0) is 10.0 Å². The van der Waals surface area contributed by atoms with Crippen molar-refractivity contribution in [2.45, 2.75) is 45.1 Å². The Balaban J connectivity index is 3.36. The average Bonchev–Trinajstić information content (AvgIpc) is 2.41. The van der Waals surface area contributed by atoms with Gasteiger partial charge in [0.15, 0.2) is 0 Å². The van der Waals surface area contributed by atoms with Gasteiger partial charge in [0.05, 0.1) is 0 Å². The summed E-state index contributed by atoms with van der Waals surface area (Å²) in [6.07, 6.45) is 2.36. The lowest BCUT2D eigenvalue weighted by molar-refractivity contribution is 0.342. The molecule has 1 atom stereocenters. The van der Waals surface area contributed by atoms with E-state index in [9.17, 15) is 8.42 Å². The summed E-state index contributed by atoms with van der Waals surface area (Å²) in [5.41, 5.74) is 0. The van der Waals surface area contributed by atoms with Gasteiger partial charge in [0.2, 0.25) is 10.0 Å². The summed E-state index contributed by atoms with van der Waals surface area (Å²) < 4.78 is 27.8. The number of hydrogen-bond donors (Lipinski definition) is 1. The zero-order chi connectivity index (χ0) is 15.3. The highest BCUT2D eigenvalue weighted by molar-refractivity contribution is 9.10. The standard InChI is InChI=1S/C13H22BrN3O2S/c1-5-10(4)17(7-3)20(18,19)12-8-11(14)9-16-13(12)15-6-2/h8-10H,5-7H2,1-4H3,(H,15,16). The maximum Gasteiger partial charge on any atom is 0.247 e. The van der Waals surface area contributed by atoms with Crippen molar-refractivity contribution in [2.75, 3.05) is 18.4 Å². The molecule has 0 aliphatic rings. The van der Waals surface area contributed by atoms with E-state index in [2.05, 4.69) is 26.2 Å². The molecule has 1 aromatic heterocycles. The summed E-state index contributed by atoms with van der Waals surface area (Å²) in [7, 11) is -3.56. The Bertz CT molecular complexity index is 549. The van der Waals surface area contributed by atoms with Crippen LogP contribution in [0.1, 0.15) is 34.1 Å². The highest BCUT2D eigenvalue weighted by atomic mass is 79.9. The summed E-state index contributed by atoms with van der Waals surface area (Å²) in [5.74, 6) is 0.400. The topological polar surface area (TPSA) is 62.3 Å². The Morgan fingerprint density at radius 2 is 2.05 bits per heavy atom. The zero-order valence-electron chi connectivity index (χ0n) is 12.4. The van der Waals surface area contributed by atoms with Gasteiger partial charge in [0, 0.05) is 29.8 Å². The van der Waals surface area contributed by atoms with Crippen molar-refractivity contribution in [1.82, 2.24) is 9.29 Å². The quantitative estimate of drug-likeness (QED) is 0.808. The second-order valence-corrected chi connectivity index (χ2v) is 7.27. The molecule has 5 nitrogen and oxygen atoms in total. The molecule has 7 heteroatoms. The lowest BCUT2D eigenvalue weighted by atomic mass is 10.3. The SMILES string of the molecule is CCNc1ncc(Br)cc1S(=O)(=O)N(CC)C(C)CC. The maximum atomic E-state index is 12.8. The molecular weight excluding hydrogens is 342 g/mol. The van der Waals surface area contributed by atoms with Crippen molar-refractivity contribution < 1.29 is 8.42 Å². The molecule has 1 unspecified atom stereocenters. The highest BCUT2D eigenvalue weighted by Gasteiger charge is 2.29. The summed E-state index contributed by atoms with van der Waals surface area (Å²) in [4.78, 5) is 4.39. The van der Waals surface area contributed by atoms with Crippen LogP contribution in [0, 0.1) is 0 Å². The van der Waals surface area contributed by atoms with Crippen LogP contribution in [0.3, 0.4) is 0 Å². The Kier molecular flexibility index (Phi) is 6.42. The van der Waals surface area contributed by atoms with Crippen LogP contribution in [-0.4, -0.2) is 36.8 Å². The predicted octanol–water partition coefficient (Wildman–Crippen LogP) is 3.09. The number of rotatable bonds is 7. The van der Waals surface area contributed by atoms with Gasteiger partial charge in [0.25, 0.3) is 0 Å². The number of halogens is 1. The van der Waals surface area contributed by atoms with Crippen LogP contribution >= 0.6 is 15.9 Å². The number of nitrogens with one attached hydrogen (secondary N) is 1. The number of sulfonamides is 1. The van der Waals surface area contributed by atoms with Crippen molar-refractivity contribution >= 4 is 31.8 Å². The summed E-state index contributed by atoms with van der Waals surface area (Å²) >= 11 is 3.29. The van der Waals surface area contributed by atoms with Crippen molar-refractivity contribution in [3.8, 4) is 0 Å². The number of nitrogens with zero attached hydrogens (tertiary/aromatic N) is 2. The van der Waals surface area contributed by atoms with E-state index in [0.717, 1.165) is 6.42 Å². The first-order chi connectivity index (χ1) is 9.38. The number of anilines is 1. The average molecular weight is 364 g/mol. The largest absolute Gasteiger partial charge is 0.369 e. The molecule has 20 heavy (non-hydrogen) atoms. The van der Waals surface area contributed by atoms with Crippen LogP contribution in [0.5, 0.6) is 0 Å². The lowest BCUT2D eigenvalue weighted by Gasteiger charge is -2.27. The van der Waals surface area contributed by atoms with Crippen molar-refractivity contribution in [1.29, 1.82) is 0 Å². The van der Waals surface area contributed by atoms with E-state index in [4.69, 9.17) is 0 Å². The molecule has 0 fully saturated rings. The molecule has 0 saturated carbocycles. The van der Waals surface area contributed by atoms with E-state index in [1.165, 1.54) is 4.31 Å².